The molecule has 0 saturated carbocycles. The van der Waals surface area contributed by atoms with E-state index >= 15 is 0 Å². The molecule has 3 rings (SSSR count). The normalized spacial score (nSPS) is 12.1. The number of aryl methyl sites for hydroxylation is 1. The van der Waals surface area contributed by atoms with Gasteiger partial charge in [0.2, 0.25) is 5.91 Å². The van der Waals surface area contributed by atoms with E-state index in [0.717, 1.165) is 15.4 Å². The molecule has 3 aromatic rings. The fourth-order valence-corrected chi connectivity index (χ4v) is 4.82. The van der Waals surface area contributed by atoms with Crippen molar-refractivity contribution >= 4 is 21.6 Å². The van der Waals surface area contributed by atoms with Crippen LogP contribution in [0.5, 0.6) is 5.75 Å². The van der Waals surface area contributed by atoms with Gasteiger partial charge in [0.1, 0.15) is 12.3 Å². The highest BCUT2D eigenvalue weighted by molar-refractivity contribution is 7.92. The maximum Gasteiger partial charge on any atom is 0.264 e. The van der Waals surface area contributed by atoms with Crippen molar-refractivity contribution < 1.29 is 17.9 Å². The second kappa shape index (κ2) is 10.3. The topological polar surface area (TPSA) is 75.7 Å². The van der Waals surface area contributed by atoms with Crippen molar-refractivity contribution in [2.45, 2.75) is 31.2 Å². The number of rotatable bonds is 9. The Labute approximate surface area is 189 Å². The number of sulfonamides is 1. The summed E-state index contributed by atoms with van der Waals surface area (Å²) in [5, 5.41) is 2.98. The van der Waals surface area contributed by atoms with E-state index in [-0.39, 0.29) is 23.4 Å². The molecule has 0 fully saturated rings. The van der Waals surface area contributed by atoms with Crippen molar-refractivity contribution in [1.82, 2.24) is 5.32 Å². The molecule has 1 amide bonds. The second-order valence-electron chi connectivity index (χ2n) is 7.47. The molecule has 0 spiro atoms. The number of benzene rings is 3. The van der Waals surface area contributed by atoms with Crippen LogP contribution in [-0.4, -0.2) is 28.0 Å². The molecule has 32 heavy (non-hydrogen) atoms. The fourth-order valence-electron chi connectivity index (χ4n) is 3.39. The number of hydrogen-bond acceptors (Lipinski definition) is 4. The molecule has 0 bridgehead atoms. The average Bonchev–Trinajstić information content (AvgIpc) is 2.82. The van der Waals surface area contributed by atoms with Crippen LogP contribution in [0.15, 0.2) is 83.8 Å². The maximum absolute atomic E-state index is 13.4. The maximum atomic E-state index is 13.4. The summed E-state index contributed by atoms with van der Waals surface area (Å²) < 4.78 is 33.2. The van der Waals surface area contributed by atoms with E-state index in [1.807, 2.05) is 38.1 Å². The quantitative estimate of drug-likeness (QED) is 0.520. The van der Waals surface area contributed by atoms with Crippen molar-refractivity contribution in [2.24, 2.45) is 0 Å². The van der Waals surface area contributed by atoms with E-state index in [1.54, 1.807) is 42.5 Å². The van der Waals surface area contributed by atoms with Crippen LogP contribution in [0.3, 0.4) is 0 Å². The van der Waals surface area contributed by atoms with Crippen LogP contribution in [0.2, 0.25) is 0 Å². The summed E-state index contributed by atoms with van der Waals surface area (Å²) in [4.78, 5) is 13.1. The Balaban J connectivity index is 1.91. The third kappa shape index (κ3) is 5.48. The van der Waals surface area contributed by atoms with Gasteiger partial charge in [-0.3, -0.25) is 9.10 Å². The Morgan fingerprint density at radius 3 is 2.31 bits per heavy atom. The van der Waals surface area contributed by atoms with Gasteiger partial charge in [0, 0.05) is 6.07 Å². The smallest absolute Gasteiger partial charge is 0.264 e. The summed E-state index contributed by atoms with van der Waals surface area (Å²) in [5.41, 5.74) is 2.46. The molecule has 7 heteroatoms. The first kappa shape index (κ1) is 23.3. The zero-order valence-corrected chi connectivity index (χ0v) is 19.3. The molecule has 0 heterocycles. The average molecular weight is 453 g/mol. The number of amides is 1. The highest BCUT2D eigenvalue weighted by Crippen LogP contribution is 2.27. The van der Waals surface area contributed by atoms with Gasteiger partial charge in [0.15, 0.2) is 0 Å². The molecule has 0 aromatic heterocycles. The Morgan fingerprint density at radius 2 is 1.69 bits per heavy atom. The van der Waals surface area contributed by atoms with Gasteiger partial charge < -0.3 is 10.1 Å². The minimum Gasteiger partial charge on any atom is -0.497 e. The molecule has 0 aliphatic heterocycles. The lowest BCUT2D eigenvalue weighted by Gasteiger charge is -2.26. The van der Waals surface area contributed by atoms with E-state index in [9.17, 15) is 13.2 Å². The molecule has 1 atom stereocenters. The lowest BCUT2D eigenvalue weighted by molar-refractivity contribution is -0.120. The Bertz CT molecular complexity index is 1150. The monoisotopic (exact) mass is 452 g/mol. The molecule has 0 aliphatic rings. The highest BCUT2D eigenvalue weighted by Gasteiger charge is 2.28. The first-order chi connectivity index (χ1) is 15.3. The van der Waals surface area contributed by atoms with Crippen molar-refractivity contribution in [2.75, 3.05) is 18.0 Å². The summed E-state index contributed by atoms with van der Waals surface area (Å²) in [6.07, 6.45) is 0.680. The molecule has 1 N–H and O–H groups in total. The molecule has 168 valence electrons. The predicted molar refractivity (Wildman–Crippen MR) is 126 cm³/mol. The minimum absolute atomic E-state index is 0.112. The number of methoxy groups -OCH3 is 1. The summed E-state index contributed by atoms with van der Waals surface area (Å²) in [6, 6.07) is 22.5. The number of hydrogen-bond donors (Lipinski definition) is 1. The van der Waals surface area contributed by atoms with Crippen LogP contribution in [-0.2, 0) is 14.8 Å². The minimum atomic E-state index is -3.97. The second-order valence-corrected chi connectivity index (χ2v) is 9.33. The molecule has 3 aromatic carbocycles. The van der Waals surface area contributed by atoms with Crippen molar-refractivity contribution in [1.29, 1.82) is 0 Å². The number of nitrogens with zero attached hydrogens (tertiary/aromatic N) is 1. The van der Waals surface area contributed by atoms with Gasteiger partial charge in [0.25, 0.3) is 10.0 Å². The molecular weight excluding hydrogens is 424 g/mol. The number of carbonyl (C=O) groups is 1. The third-order valence-corrected chi connectivity index (χ3v) is 6.97. The Hall–Kier alpha value is -3.32. The van der Waals surface area contributed by atoms with Crippen LogP contribution in [0.4, 0.5) is 5.69 Å². The number of ether oxygens (including phenoxy) is 1. The van der Waals surface area contributed by atoms with Gasteiger partial charge in [-0.2, -0.15) is 0 Å². The van der Waals surface area contributed by atoms with Gasteiger partial charge >= 0.3 is 0 Å². The van der Waals surface area contributed by atoms with Crippen LogP contribution >= 0.6 is 0 Å². The SMILES string of the molecule is CCC(NC(=O)CN(c1cccc(OC)c1)S(=O)(=O)c1ccccc1)c1ccc(C)cc1. The fraction of sp³-hybridized carbons (Fsp3) is 0.240. The van der Waals surface area contributed by atoms with Crippen LogP contribution in [0.25, 0.3) is 0 Å². The summed E-state index contributed by atoms with van der Waals surface area (Å²) in [6.45, 7) is 3.63. The lowest BCUT2D eigenvalue weighted by atomic mass is 10.0. The standard InChI is InChI=1S/C25H28N2O4S/c1-4-24(20-15-13-19(2)14-16-20)26-25(28)18-27(21-9-8-10-22(17-21)31-3)32(29,30)23-11-6-5-7-12-23/h5-17,24H,4,18H2,1-3H3,(H,26,28). The number of nitrogens with one attached hydrogen (secondary N) is 1. The summed E-state index contributed by atoms with van der Waals surface area (Å²) in [7, 11) is -2.46. The number of anilines is 1. The molecule has 0 aliphatic carbocycles. The van der Waals surface area contributed by atoms with Crippen molar-refractivity contribution in [3.05, 3.63) is 90.0 Å². The molecule has 1 unspecified atom stereocenters. The van der Waals surface area contributed by atoms with Gasteiger partial charge in [-0.1, -0.05) is 61.0 Å². The van der Waals surface area contributed by atoms with E-state index in [0.29, 0.717) is 17.9 Å². The Kier molecular flexibility index (Phi) is 7.53. The van der Waals surface area contributed by atoms with E-state index in [2.05, 4.69) is 5.32 Å². The number of carbonyl (C=O) groups excluding carboxylic acids is 1. The third-order valence-electron chi connectivity index (χ3n) is 5.18. The van der Waals surface area contributed by atoms with Crippen LogP contribution in [0.1, 0.15) is 30.5 Å². The van der Waals surface area contributed by atoms with E-state index in [4.69, 9.17) is 4.74 Å². The van der Waals surface area contributed by atoms with Gasteiger partial charge in [0.05, 0.1) is 23.7 Å². The van der Waals surface area contributed by atoms with Crippen LogP contribution in [0, 0.1) is 6.92 Å². The van der Waals surface area contributed by atoms with Gasteiger partial charge in [-0.25, -0.2) is 8.42 Å². The first-order valence-corrected chi connectivity index (χ1v) is 11.9. The predicted octanol–water partition coefficient (Wildman–Crippen LogP) is 4.47. The first-order valence-electron chi connectivity index (χ1n) is 10.4. The van der Waals surface area contributed by atoms with E-state index < -0.39 is 10.0 Å². The van der Waals surface area contributed by atoms with Crippen molar-refractivity contribution in [3.63, 3.8) is 0 Å². The largest absolute Gasteiger partial charge is 0.497 e. The van der Waals surface area contributed by atoms with Crippen molar-refractivity contribution in [3.8, 4) is 5.75 Å². The lowest BCUT2D eigenvalue weighted by Crippen LogP contribution is -2.42. The summed E-state index contributed by atoms with van der Waals surface area (Å²) in [5.74, 6) is 0.113. The van der Waals surface area contributed by atoms with E-state index in [1.165, 1.54) is 19.2 Å². The zero-order chi connectivity index (χ0) is 23.1. The molecule has 0 radical (unpaired) electrons. The molecular formula is C25H28N2O4S. The highest BCUT2D eigenvalue weighted by atomic mass is 32.2. The zero-order valence-electron chi connectivity index (χ0n) is 18.5. The molecule has 6 nitrogen and oxygen atoms in total. The van der Waals surface area contributed by atoms with Gasteiger partial charge in [-0.15, -0.1) is 0 Å². The Morgan fingerprint density at radius 1 is 1.00 bits per heavy atom. The molecule has 0 saturated heterocycles. The summed E-state index contributed by atoms with van der Waals surface area (Å²) >= 11 is 0. The van der Waals surface area contributed by atoms with Crippen LogP contribution < -0.4 is 14.4 Å². The van der Waals surface area contributed by atoms with Gasteiger partial charge in [-0.05, 0) is 43.2 Å².